The van der Waals surface area contributed by atoms with E-state index in [1.165, 1.54) is 32.4 Å². The molecule has 0 aliphatic rings. The minimum absolute atomic E-state index is 0.0490. The fraction of sp³-hybridized carbons (Fsp3) is 0.188. The van der Waals surface area contributed by atoms with Crippen LogP contribution < -0.4 is 0 Å². The lowest BCUT2D eigenvalue weighted by Crippen LogP contribution is -2.22. The molecule has 0 fully saturated rings. The standard InChI is InChI=1S/C16H17ClN2O3S/c1-11-4-6-14(23(21,22)19(2)3)9-15(11)18-10-12-8-13(17)5-7-16(12)20/h4-10,20H,1-3H3. The number of aryl methyl sites for hydroxylation is 1. The highest BCUT2D eigenvalue weighted by atomic mass is 35.5. The van der Waals surface area contributed by atoms with E-state index in [1.54, 1.807) is 24.3 Å². The summed E-state index contributed by atoms with van der Waals surface area (Å²) in [5.74, 6) is 0.0490. The average molecular weight is 353 g/mol. The van der Waals surface area contributed by atoms with Gasteiger partial charge in [0.2, 0.25) is 10.0 Å². The second-order valence-electron chi connectivity index (χ2n) is 5.20. The number of phenolic OH excluding ortho intramolecular Hbond substituents is 1. The Labute approximate surface area is 140 Å². The molecule has 0 aliphatic carbocycles. The van der Waals surface area contributed by atoms with Crippen molar-refractivity contribution in [3.8, 4) is 5.75 Å². The number of phenols is 1. The molecule has 0 bridgehead atoms. The first-order valence-corrected chi connectivity index (χ1v) is 8.59. The largest absolute Gasteiger partial charge is 0.507 e. The number of halogens is 1. The van der Waals surface area contributed by atoms with Gasteiger partial charge in [-0.25, -0.2) is 12.7 Å². The van der Waals surface area contributed by atoms with Crippen molar-refractivity contribution < 1.29 is 13.5 Å². The second kappa shape index (κ2) is 6.70. The Morgan fingerprint density at radius 1 is 1.17 bits per heavy atom. The van der Waals surface area contributed by atoms with Crippen LogP contribution >= 0.6 is 11.6 Å². The monoisotopic (exact) mass is 352 g/mol. The molecule has 1 N–H and O–H groups in total. The predicted octanol–water partition coefficient (Wildman–Crippen LogP) is 3.35. The molecule has 0 saturated carbocycles. The van der Waals surface area contributed by atoms with E-state index >= 15 is 0 Å². The topological polar surface area (TPSA) is 70.0 Å². The van der Waals surface area contributed by atoms with E-state index in [1.807, 2.05) is 6.92 Å². The van der Waals surface area contributed by atoms with E-state index in [4.69, 9.17) is 11.6 Å². The molecule has 23 heavy (non-hydrogen) atoms. The molecule has 0 aliphatic heterocycles. The van der Waals surface area contributed by atoms with Crippen molar-refractivity contribution in [2.75, 3.05) is 14.1 Å². The lowest BCUT2D eigenvalue weighted by atomic mass is 10.2. The van der Waals surface area contributed by atoms with Crippen LogP contribution in [0.3, 0.4) is 0 Å². The van der Waals surface area contributed by atoms with E-state index in [0.717, 1.165) is 9.87 Å². The zero-order valence-corrected chi connectivity index (χ0v) is 14.6. The summed E-state index contributed by atoms with van der Waals surface area (Å²) in [6.45, 7) is 1.83. The fourth-order valence-electron chi connectivity index (χ4n) is 1.87. The third kappa shape index (κ3) is 3.90. The maximum atomic E-state index is 12.2. The molecule has 0 saturated heterocycles. The van der Waals surface area contributed by atoms with Crippen LogP contribution in [0.1, 0.15) is 11.1 Å². The van der Waals surface area contributed by atoms with Crippen LogP contribution in [0.4, 0.5) is 5.69 Å². The molecule has 0 unspecified atom stereocenters. The summed E-state index contributed by atoms with van der Waals surface area (Å²) in [5.41, 5.74) is 1.78. The molecular formula is C16H17ClN2O3S. The van der Waals surface area contributed by atoms with E-state index in [9.17, 15) is 13.5 Å². The highest BCUT2D eigenvalue weighted by Gasteiger charge is 2.17. The first-order chi connectivity index (χ1) is 10.7. The molecule has 122 valence electrons. The summed E-state index contributed by atoms with van der Waals surface area (Å²) in [4.78, 5) is 4.45. The Bertz CT molecular complexity index is 862. The number of hydrogen-bond acceptors (Lipinski definition) is 4. The Hall–Kier alpha value is -1.89. The van der Waals surface area contributed by atoms with Crippen LogP contribution in [-0.2, 0) is 10.0 Å². The zero-order chi connectivity index (χ0) is 17.2. The summed E-state index contributed by atoms with van der Waals surface area (Å²) in [6.07, 6.45) is 1.45. The van der Waals surface area contributed by atoms with Gasteiger partial charge in [-0.2, -0.15) is 0 Å². The molecule has 5 nitrogen and oxygen atoms in total. The molecule has 0 atom stereocenters. The minimum atomic E-state index is -3.53. The van der Waals surface area contributed by atoms with Crippen LogP contribution in [0.2, 0.25) is 5.02 Å². The van der Waals surface area contributed by atoms with Crippen LogP contribution in [0, 0.1) is 6.92 Å². The highest BCUT2D eigenvalue weighted by molar-refractivity contribution is 7.89. The number of aliphatic imine (C=N–C) groups is 1. The van der Waals surface area contributed by atoms with Crippen LogP contribution in [-0.4, -0.2) is 38.1 Å². The molecule has 0 radical (unpaired) electrons. The van der Waals surface area contributed by atoms with Gasteiger partial charge in [0, 0.05) is 30.9 Å². The lowest BCUT2D eigenvalue weighted by Gasteiger charge is -2.12. The zero-order valence-electron chi connectivity index (χ0n) is 13.0. The summed E-state index contributed by atoms with van der Waals surface area (Å²) < 4.78 is 25.5. The van der Waals surface area contributed by atoms with E-state index in [0.29, 0.717) is 16.3 Å². The van der Waals surface area contributed by atoms with Crippen molar-refractivity contribution in [3.05, 3.63) is 52.5 Å². The van der Waals surface area contributed by atoms with Gasteiger partial charge in [-0.05, 0) is 42.8 Å². The molecule has 2 rings (SSSR count). The first-order valence-electron chi connectivity index (χ1n) is 6.77. The van der Waals surface area contributed by atoms with E-state index < -0.39 is 10.0 Å². The van der Waals surface area contributed by atoms with Gasteiger partial charge < -0.3 is 5.11 Å². The van der Waals surface area contributed by atoms with Gasteiger partial charge in [0.1, 0.15) is 5.75 Å². The van der Waals surface area contributed by atoms with Crippen molar-refractivity contribution in [2.45, 2.75) is 11.8 Å². The first kappa shape index (κ1) is 17.5. The number of hydrogen-bond donors (Lipinski definition) is 1. The smallest absolute Gasteiger partial charge is 0.242 e. The second-order valence-corrected chi connectivity index (χ2v) is 7.79. The predicted molar refractivity (Wildman–Crippen MR) is 92.4 cm³/mol. The van der Waals surface area contributed by atoms with Crippen LogP contribution in [0.25, 0.3) is 0 Å². The van der Waals surface area contributed by atoms with Gasteiger partial charge in [-0.15, -0.1) is 0 Å². The van der Waals surface area contributed by atoms with Crippen molar-refractivity contribution in [1.29, 1.82) is 0 Å². The Balaban J connectivity index is 2.44. The van der Waals surface area contributed by atoms with Gasteiger partial charge in [0.15, 0.2) is 0 Å². The van der Waals surface area contributed by atoms with Crippen molar-refractivity contribution >= 4 is 33.5 Å². The Kier molecular flexibility index (Phi) is 5.09. The molecular weight excluding hydrogens is 336 g/mol. The van der Waals surface area contributed by atoms with Crippen molar-refractivity contribution in [3.63, 3.8) is 0 Å². The SMILES string of the molecule is Cc1ccc(S(=O)(=O)N(C)C)cc1N=Cc1cc(Cl)ccc1O. The fourth-order valence-corrected chi connectivity index (χ4v) is 2.97. The average Bonchev–Trinajstić information content (AvgIpc) is 2.49. The summed E-state index contributed by atoms with van der Waals surface area (Å²) in [6, 6.07) is 9.37. The third-order valence-corrected chi connectivity index (χ3v) is 5.34. The normalized spacial score (nSPS) is 12.2. The lowest BCUT2D eigenvalue weighted by molar-refractivity contribution is 0.474. The third-order valence-electron chi connectivity index (χ3n) is 3.29. The maximum Gasteiger partial charge on any atom is 0.242 e. The van der Waals surface area contributed by atoms with Crippen LogP contribution in [0.15, 0.2) is 46.3 Å². The highest BCUT2D eigenvalue weighted by Crippen LogP contribution is 2.25. The summed E-state index contributed by atoms with van der Waals surface area (Å²) in [5, 5.41) is 10.3. The number of aromatic hydroxyl groups is 1. The summed E-state index contributed by atoms with van der Waals surface area (Å²) in [7, 11) is -0.576. The van der Waals surface area contributed by atoms with Gasteiger partial charge in [-0.3, -0.25) is 4.99 Å². The van der Waals surface area contributed by atoms with Crippen molar-refractivity contribution in [2.24, 2.45) is 4.99 Å². The Morgan fingerprint density at radius 3 is 2.52 bits per heavy atom. The molecule has 0 spiro atoms. The molecule has 2 aromatic carbocycles. The van der Waals surface area contributed by atoms with Gasteiger partial charge in [0.05, 0.1) is 10.6 Å². The molecule has 7 heteroatoms. The maximum absolute atomic E-state index is 12.2. The van der Waals surface area contributed by atoms with Gasteiger partial charge in [0.25, 0.3) is 0 Å². The number of sulfonamides is 1. The minimum Gasteiger partial charge on any atom is -0.507 e. The van der Waals surface area contributed by atoms with E-state index in [-0.39, 0.29) is 10.6 Å². The number of rotatable bonds is 4. The van der Waals surface area contributed by atoms with Crippen molar-refractivity contribution in [1.82, 2.24) is 4.31 Å². The molecule has 0 aromatic heterocycles. The van der Waals surface area contributed by atoms with Gasteiger partial charge >= 0.3 is 0 Å². The molecule has 2 aromatic rings. The molecule has 0 heterocycles. The van der Waals surface area contributed by atoms with E-state index in [2.05, 4.69) is 4.99 Å². The quantitative estimate of drug-likeness (QED) is 0.858. The molecule has 0 amide bonds. The van der Waals surface area contributed by atoms with Gasteiger partial charge in [-0.1, -0.05) is 17.7 Å². The number of nitrogens with zero attached hydrogens (tertiary/aromatic N) is 2. The Morgan fingerprint density at radius 2 is 1.87 bits per heavy atom. The number of benzene rings is 2. The van der Waals surface area contributed by atoms with Crippen LogP contribution in [0.5, 0.6) is 5.75 Å². The summed E-state index contributed by atoms with van der Waals surface area (Å²) >= 11 is 5.89.